The third-order valence-corrected chi connectivity index (χ3v) is 3.70. The van der Waals surface area contributed by atoms with Crippen molar-refractivity contribution in [2.45, 2.75) is 20.8 Å². The van der Waals surface area contributed by atoms with Gasteiger partial charge in [-0.3, -0.25) is 4.79 Å². The summed E-state index contributed by atoms with van der Waals surface area (Å²) in [7, 11) is 0. The van der Waals surface area contributed by atoms with Crippen molar-refractivity contribution in [2.24, 2.45) is 0 Å². The van der Waals surface area contributed by atoms with Crippen LogP contribution < -0.4 is 4.74 Å². The molecule has 0 aliphatic carbocycles. The molecule has 94 valence electrons. The van der Waals surface area contributed by atoms with E-state index < -0.39 is 0 Å². The second-order valence-corrected chi connectivity index (χ2v) is 5.81. The van der Waals surface area contributed by atoms with Crippen molar-refractivity contribution < 1.29 is 9.53 Å². The van der Waals surface area contributed by atoms with Crippen LogP contribution in [-0.4, -0.2) is 12.4 Å². The summed E-state index contributed by atoms with van der Waals surface area (Å²) in [5.74, 6) is 0.774. The Morgan fingerprint density at radius 3 is 2.39 bits per heavy atom. The van der Waals surface area contributed by atoms with Gasteiger partial charge in [0.15, 0.2) is 6.61 Å². The van der Waals surface area contributed by atoms with E-state index in [1.807, 2.05) is 51.1 Å². The van der Waals surface area contributed by atoms with Crippen LogP contribution in [0.25, 0.3) is 0 Å². The van der Waals surface area contributed by atoms with Crippen molar-refractivity contribution in [3.8, 4) is 5.75 Å². The molecule has 0 saturated heterocycles. The third kappa shape index (κ3) is 2.99. The molecule has 0 saturated carbocycles. The maximum Gasteiger partial charge on any atom is 0.201 e. The number of carbonyl (C=O) groups is 1. The van der Waals surface area contributed by atoms with Crippen LogP contribution in [0.4, 0.5) is 0 Å². The van der Waals surface area contributed by atoms with Gasteiger partial charge in [0.05, 0.1) is 0 Å². The number of benzene rings is 1. The van der Waals surface area contributed by atoms with E-state index >= 15 is 0 Å². The normalized spacial score (nSPS) is 10.4. The van der Waals surface area contributed by atoms with E-state index in [1.165, 1.54) is 5.56 Å². The molecule has 0 radical (unpaired) electrons. The van der Waals surface area contributed by atoms with Crippen LogP contribution in [0, 0.1) is 20.8 Å². The van der Waals surface area contributed by atoms with E-state index in [-0.39, 0.29) is 12.4 Å². The lowest BCUT2D eigenvalue weighted by molar-refractivity contribution is 0.0921. The van der Waals surface area contributed by atoms with Crippen LogP contribution >= 0.6 is 11.3 Å². The molecule has 1 aromatic heterocycles. The predicted molar refractivity (Wildman–Crippen MR) is 74.8 cm³/mol. The smallest absolute Gasteiger partial charge is 0.201 e. The highest BCUT2D eigenvalue weighted by Gasteiger charge is 2.12. The SMILES string of the molecule is Cc1ccc(OCC(=O)c2cc(C)sc2C)cc1. The second kappa shape index (κ2) is 5.36. The van der Waals surface area contributed by atoms with Gasteiger partial charge in [0, 0.05) is 15.3 Å². The lowest BCUT2D eigenvalue weighted by Crippen LogP contribution is -2.11. The fourth-order valence-electron chi connectivity index (χ4n) is 1.77. The van der Waals surface area contributed by atoms with Gasteiger partial charge in [-0.2, -0.15) is 0 Å². The molecule has 18 heavy (non-hydrogen) atoms. The van der Waals surface area contributed by atoms with Gasteiger partial charge in [-0.15, -0.1) is 11.3 Å². The summed E-state index contributed by atoms with van der Waals surface area (Å²) < 4.78 is 5.50. The molecule has 2 rings (SSSR count). The molecule has 0 atom stereocenters. The van der Waals surface area contributed by atoms with Crippen LogP contribution in [0.2, 0.25) is 0 Å². The predicted octanol–water partition coefficient (Wildman–Crippen LogP) is 3.94. The summed E-state index contributed by atoms with van der Waals surface area (Å²) in [6, 6.07) is 9.64. The molecule has 3 heteroatoms. The Bertz CT molecular complexity index is 552. The van der Waals surface area contributed by atoms with E-state index in [2.05, 4.69) is 0 Å². The van der Waals surface area contributed by atoms with Crippen LogP contribution in [0.5, 0.6) is 5.75 Å². The largest absolute Gasteiger partial charge is 0.485 e. The Kier molecular flexibility index (Phi) is 3.82. The highest BCUT2D eigenvalue weighted by Crippen LogP contribution is 2.21. The molecule has 0 amide bonds. The number of thiophene rings is 1. The van der Waals surface area contributed by atoms with Crippen molar-refractivity contribution in [2.75, 3.05) is 6.61 Å². The second-order valence-electron chi connectivity index (χ2n) is 4.35. The van der Waals surface area contributed by atoms with Crippen LogP contribution in [0.1, 0.15) is 25.7 Å². The van der Waals surface area contributed by atoms with E-state index in [4.69, 9.17) is 4.74 Å². The van der Waals surface area contributed by atoms with E-state index in [0.717, 1.165) is 21.1 Å². The molecule has 1 aromatic carbocycles. The molecule has 0 N–H and O–H groups in total. The van der Waals surface area contributed by atoms with Gasteiger partial charge in [0.1, 0.15) is 5.75 Å². The zero-order valence-corrected chi connectivity index (χ0v) is 11.6. The van der Waals surface area contributed by atoms with Crippen LogP contribution in [-0.2, 0) is 0 Å². The number of hydrogen-bond donors (Lipinski definition) is 0. The molecular formula is C15H16O2S. The van der Waals surface area contributed by atoms with Crippen molar-refractivity contribution in [3.63, 3.8) is 0 Å². The first-order chi connectivity index (χ1) is 8.56. The maximum absolute atomic E-state index is 12.0. The Hall–Kier alpha value is -1.61. The fraction of sp³-hybridized carbons (Fsp3) is 0.267. The highest BCUT2D eigenvalue weighted by atomic mass is 32.1. The Morgan fingerprint density at radius 2 is 1.83 bits per heavy atom. The van der Waals surface area contributed by atoms with Gasteiger partial charge in [-0.25, -0.2) is 0 Å². The average molecular weight is 260 g/mol. The summed E-state index contributed by atoms with van der Waals surface area (Å²) in [5.41, 5.74) is 1.96. The summed E-state index contributed by atoms with van der Waals surface area (Å²) in [6.07, 6.45) is 0. The van der Waals surface area contributed by atoms with E-state index in [1.54, 1.807) is 11.3 Å². The van der Waals surface area contributed by atoms with Crippen molar-refractivity contribution in [1.82, 2.24) is 0 Å². The Labute approximate surface area is 111 Å². The molecule has 2 nitrogen and oxygen atoms in total. The highest BCUT2D eigenvalue weighted by molar-refractivity contribution is 7.12. The Morgan fingerprint density at radius 1 is 1.17 bits per heavy atom. The molecule has 0 spiro atoms. The van der Waals surface area contributed by atoms with Gasteiger partial charge in [0.25, 0.3) is 0 Å². The first kappa shape index (κ1) is 12.8. The number of Topliss-reactive ketones (excluding diaryl/α,β-unsaturated/α-hetero) is 1. The average Bonchev–Trinajstić information content (AvgIpc) is 2.67. The zero-order chi connectivity index (χ0) is 13.1. The number of ether oxygens (including phenoxy) is 1. The molecule has 0 aliphatic rings. The summed E-state index contributed by atoms with van der Waals surface area (Å²) in [4.78, 5) is 14.2. The summed E-state index contributed by atoms with van der Waals surface area (Å²) in [6.45, 7) is 6.10. The number of rotatable bonds is 4. The number of carbonyl (C=O) groups excluding carboxylic acids is 1. The summed E-state index contributed by atoms with van der Waals surface area (Å²) >= 11 is 1.64. The van der Waals surface area contributed by atoms with Gasteiger partial charge in [-0.05, 0) is 39.0 Å². The molecule has 0 bridgehead atoms. The minimum Gasteiger partial charge on any atom is -0.485 e. The monoisotopic (exact) mass is 260 g/mol. The first-order valence-electron chi connectivity index (χ1n) is 5.86. The van der Waals surface area contributed by atoms with Crippen LogP contribution in [0.15, 0.2) is 30.3 Å². The molecule has 2 aromatic rings. The summed E-state index contributed by atoms with van der Waals surface area (Å²) in [5, 5.41) is 0. The van der Waals surface area contributed by atoms with Crippen molar-refractivity contribution >= 4 is 17.1 Å². The van der Waals surface area contributed by atoms with Gasteiger partial charge >= 0.3 is 0 Å². The molecule has 0 fully saturated rings. The number of hydrogen-bond acceptors (Lipinski definition) is 3. The van der Waals surface area contributed by atoms with Gasteiger partial charge in [-0.1, -0.05) is 17.7 Å². The van der Waals surface area contributed by atoms with E-state index in [9.17, 15) is 4.79 Å². The third-order valence-electron chi connectivity index (χ3n) is 2.73. The molecule has 0 unspecified atom stereocenters. The van der Waals surface area contributed by atoms with Gasteiger partial charge in [0.2, 0.25) is 5.78 Å². The van der Waals surface area contributed by atoms with Crippen molar-refractivity contribution in [1.29, 1.82) is 0 Å². The molecular weight excluding hydrogens is 244 g/mol. The fourth-order valence-corrected chi connectivity index (χ4v) is 2.71. The zero-order valence-electron chi connectivity index (χ0n) is 10.8. The molecule has 1 heterocycles. The lowest BCUT2D eigenvalue weighted by atomic mass is 10.2. The Balaban J connectivity index is 2.00. The van der Waals surface area contributed by atoms with E-state index in [0.29, 0.717) is 0 Å². The minimum atomic E-state index is 0.0393. The maximum atomic E-state index is 12.0. The van der Waals surface area contributed by atoms with Crippen LogP contribution in [0.3, 0.4) is 0 Å². The molecule has 0 aliphatic heterocycles. The number of ketones is 1. The topological polar surface area (TPSA) is 26.3 Å². The lowest BCUT2D eigenvalue weighted by Gasteiger charge is -2.05. The number of aryl methyl sites for hydroxylation is 3. The first-order valence-corrected chi connectivity index (χ1v) is 6.67. The standard InChI is InChI=1S/C15H16O2S/c1-10-4-6-13(7-5-10)17-9-15(16)14-8-11(2)18-12(14)3/h4-8H,9H2,1-3H3. The minimum absolute atomic E-state index is 0.0393. The van der Waals surface area contributed by atoms with Gasteiger partial charge < -0.3 is 4.74 Å². The quantitative estimate of drug-likeness (QED) is 0.778. The van der Waals surface area contributed by atoms with Crippen molar-refractivity contribution in [3.05, 3.63) is 51.2 Å².